The second-order valence-corrected chi connectivity index (χ2v) is 5.31. The van der Waals surface area contributed by atoms with Crippen LogP contribution in [0, 0.1) is 0 Å². The van der Waals surface area contributed by atoms with Crippen molar-refractivity contribution in [3.05, 3.63) is 10.4 Å². The zero-order valence-corrected chi connectivity index (χ0v) is 12.5. The zero-order chi connectivity index (χ0) is 17.6. The summed E-state index contributed by atoms with van der Waals surface area (Å²) < 4.78 is 11.4. The maximum absolute atomic E-state index is 12.0. The molecule has 3 heterocycles. The molecule has 1 fully saturated rings. The lowest BCUT2D eigenvalue weighted by molar-refractivity contribution is -0.250. The summed E-state index contributed by atoms with van der Waals surface area (Å²) in [4.78, 5) is 22.2. The highest BCUT2D eigenvalue weighted by Crippen LogP contribution is 2.32. The van der Waals surface area contributed by atoms with Gasteiger partial charge in [0.15, 0.2) is 17.4 Å². The fraction of sp³-hybridized carbons (Fsp3) is 0.583. The number of aliphatic hydroxyl groups excluding tert-OH is 4. The molecule has 0 unspecified atom stereocenters. The van der Waals surface area contributed by atoms with Gasteiger partial charge in [0.1, 0.15) is 24.4 Å². The van der Waals surface area contributed by atoms with Gasteiger partial charge in [-0.2, -0.15) is 4.98 Å². The highest BCUT2D eigenvalue weighted by molar-refractivity contribution is 5.73. The predicted molar refractivity (Wildman–Crippen MR) is 78.1 cm³/mol. The molecule has 1 saturated heterocycles. The Labute approximate surface area is 134 Å². The first-order valence-electron chi connectivity index (χ1n) is 7.01. The summed E-state index contributed by atoms with van der Waals surface area (Å²) in [5, 5.41) is 39.2. The molecule has 0 bridgehead atoms. The number of aliphatic hydroxyl groups is 4. The third-order valence-electron chi connectivity index (χ3n) is 3.87. The lowest BCUT2D eigenvalue weighted by atomic mass is 9.98. The molecule has 1 aliphatic rings. The van der Waals surface area contributed by atoms with Crippen molar-refractivity contribution in [3.63, 3.8) is 0 Å². The summed E-state index contributed by atoms with van der Waals surface area (Å²) in [7, 11) is 1.29. The first kappa shape index (κ1) is 16.6. The number of H-pyrrole nitrogens is 1. The number of nitrogens with one attached hydrogen (secondary N) is 1. The van der Waals surface area contributed by atoms with Crippen LogP contribution in [0.3, 0.4) is 0 Å². The first-order chi connectivity index (χ1) is 11.4. The summed E-state index contributed by atoms with van der Waals surface area (Å²) >= 11 is 0. The van der Waals surface area contributed by atoms with Crippen LogP contribution in [-0.4, -0.2) is 78.1 Å². The van der Waals surface area contributed by atoms with Crippen LogP contribution in [0.15, 0.2) is 4.79 Å². The Morgan fingerprint density at radius 2 is 2.00 bits per heavy atom. The molecular formula is C12H17N5O7. The van der Waals surface area contributed by atoms with Crippen molar-refractivity contribution < 1.29 is 29.9 Å². The van der Waals surface area contributed by atoms with E-state index in [1.165, 1.54) is 7.11 Å². The van der Waals surface area contributed by atoms with E-state index in [1.54, 1.807) is 0 Å². The fourth-order valence-electron chi connectivity index (χ4n) is 2.62. The van der Waals surface area contributed by atoms with Crippen LogP contribution in [0.4, 0.5) is 5.95 Å². The number of nitrogens with zero attached hydrogens (tertiary/aromatic N) is 3. The summed E-state index contributed by atoms with van der Waals surface area (Å²) in [5.41, 5.74) is 5.01. The second-order valence-electron chi connectivity index (χ2n) is 5.31. The quantitative estimate of drug-likeness (QED) is 0.329. The summed E-state index contributed by atoms with van der Waals surface area (Å²) in [6.45, 7) is -0.606. The second kappa shape index (κ2) is 5.99. The molecular weight excluding hydrogens is 326 g/mol. The average Bonchev–Trinajstić information content (AvgIpc) is 2.90. The van der Waals surface area contributed by atoms with Crippen molar-refractivity contribution in [1.29, 1.82) is 0 Å². The number of aromatic amines is 1. The summed E-state index contributed by atoms with van der Waals surface area (Å²) in [5.74, 6) is -0.208. The van der Waals surface area contributed by atoms with Gasteiger partial charge in [-0.15, -0.1) is 0 Å². The van der Waals surface area contributed by atoms with Crippen LogP contribution in [0.5, 0.6) is 6.01 Å². The Morgan fingerprint density at radius 1 is 1.29 bits per heavy atom. The van der Waals surface area contributed by atoms with E-state index in [0.717, 1.165) is 4.57 Å². The minimum atomic E-state index is -1.61. The van der Waals surface area contributed by atoms with Crippen molar-refractivity contribution >= 4 is 17.1 Å². The number of aromatic nitrogens is 4. The summed E-state index contributed by atoms with van der Waals surface area (Å²) in [6, 6.07) is -0.113. The smallest absolute Gasteiger partial charge is 0.298 e. The van der Waals surface area contributed by atoms with Gasteiger partial charge in [0.2, 0.25) is 5.95 Å². The van der Waals surface area contributed by atoms with Gasteiger partial charge in [0.25, 0.3) is 11.6 Å². The van der Waals surface area contributed by atoms with Crippen LogP contribution in [0.1, 0.15) is 6.23 Å². The van der Waals surface area contributed by atoms with Gasteiger partial charge in [-0.1, -0.05) is 0 Å². The number of nitrogen functional groups attached to an aromatic ring is 1. The normalized spacial score (nSPS) is 30.6. The molecule has 0 radical (unpaired) electrons. The fourth-order valence-corrected chi connectivity index (χ4v) is 2.62. The number of imidazole rings is 1. The van der Waals surface area contributed by atoms with Crippen LogP contribution < -0.4 is 16.0 Å². The molecule has 12 heteroatoms. The standard InChI is InChI=1S/C12H17N5O7/c1-23-12-15-8-4(9(22)16-12)14-11(13)17(8)10-7(21)6(20)5(19)3(2-18)24-10/h3,5-7,10,18-21H,2H2,1H3,(H2,13,14)(H,15,16,22)/t3-,5-,6-,7+,10-/m0/s1. The van der Waals surface area contributed by atoms with Crippen LogP contribution in [0.25, 0.3) is 11.2 Å². The average molecular weight is 343 g/mol. The number of fused-ring (bicyclic) bond motifs is 1. The Balaban J connectivity index is 2.16. The highest BCUT2D eigenvalue weighted by Gasteiger charge is 2.45. The predicted octanol–water partition coefficient (Wildman–Crippen LogP) is -3.32. The van der Waals surface area contributed by atoms with Gasteiger partial charge < -0.3 is 35.6 Å². The minimum Gasteiger partial charge on any atom is -0.468 e. The summed E-state index contributed by atoms with van der Waals surface area (Å²) in [6.07, 6.45) is -7.21. The van der Waals surface area contributed by atoms with Crippen LogP contribution in [0.2, 0.25) is 0 Å². The third kappa shape index (κ3) is 2.40. The Bertz CT molecular complexity index is 803. The number of rotatable bonds is 3. The molecule has 0 saturated carbocycles. The number of nitrogens with two attached hydrogens (primary N) is 1. The number of hydrogen-bond donors (Lipinski definition) is 6. The lowest BCUT2D eigenvalue weighted by Gasteiger charge is -2.40. The van der Waals surface area contributed by atoms with E-state index in [9.17, 15) is 25.2 Å². The largest absolute Gasteiger partial charge is 0.468 e. The number of hydrogen-bond acceptors (Lipinski definition) is 10. The molecule has 0 aliphatic carbocycles. The lowest BCUT2D eigenvalue weighted by Crippen LogP contribution is -2.56. The molecule has 1 aliphatic heterocycles. The van der Waals surface area contributed by atoms with Gasteiger partial charge in [-0.25, -0.2) is 4.98 Å². The van der Waals surface area contributed by atoms with E-state index >= 15 is 0 Å². The van der Waals surface area contributed by atoms with Gasteiger partial charge >= 0.3 is 0 Å². The molecule has 7 N–H and O–H groups in total. The van der Waals surface area contributed by atoms with Gasteiger partial charge in [0, 0.05) is 0 Å². The van der Waals surface area contributed by atoms with E-state index in [1.807, 2.05) is 0 Å². The molecule has 12 nitrogen and oxygen atoms in total. The Kier molecular flexibility index (Phi) is 4.15. The van der Waals surface area contributed by atoms with E-state index in [4.69, 9.17) is 15.2 Å². The molecule has 5 atom stereocenters. The van der Waals surface area contributed by atoms with Gasteiger partial charge in [0.05, 0.1) is 13.7 Å². The van der Waals surface area contributed by atoms with E-state index < -0.39 is 42.8 Å². The molecule has 132 valence electrons. The van der Waals surface area contributed by atoms with Crippen molar-refractivity contribution in [2.24, 2.45) is 0 Å². The topological polar surface area (TPSA) is 189 Å². The number of anilines is 1. The van der Waals surface area contributed by atoms with E-state index in [2.05, 4.69) is 15.0 Å². The van der Waals surface area contributed by atoms with E-state index in [0.29, 0.717) is 0 Å². The van der Waals surface area contributed by atoms with E-state index in [-0.39, 0.29) is 23.1 Å². The highest BCUT2D eigenvalue weighted by atomic mass is 16.6. The zero-order valence-electron chi connectivity index (χ0n) is 12.5. The van der Waals surface area contributed by atoms with Crippen LogP contribution >= 0.6 is 0 Å². The maximum Gasteiger partial charge on any atom is 0.298 e. The molecule has 0 amide bonds. The van der Waals surface area contributed by atoms with Crippen molar-refractivity contribution in [3.8, 4) is 6.01 Å². The number of methoxy groups -OCH3 is 1. The molecule has 2 aromatic heterocycles. The van der Waals surface area contributed by atoms with Crippen LogP contribution in [-0.2, 0) is 4.74 Å². The van der Waals surface area contributed by atoms with Crippen molar-refractivity contribution in [2.75, 3.05) is 19.5 Å². The minimum absolute atomic E-state index is 0.0440. The first-order valence-corrected chi connectivity index (χ1v) is 7.01. The van der Waals surface area contributed by atoms with Crippen molar-refractivity contribution in [1.82, 2.24) is 19.5 Å². The third-order valence-corrected chi connectivity index (χ3v) is 3.87. The number of ether oxygens (including phenoxy) is 2. The SMILES string of the molecule is COc1nc2c(nc(N)n2[C@H]2O[C@@H](CO)[C@H](O)[C@H](O)[C@H]2O)c(=O)[nH]1. The monoisotopic (exact) mass is 343 g/mol. The Hall–Kier alpha value is -2.25. The molecule has 2 aromatic rings. The maximum atomic E-state index is 12.0. The van der Waals surface area contributed by atoms with Crippen molar-refractivity contribution in [2.45, 2.75) is 30.6 Å². The van der Waals surface area contributed by atoms with Gasteiger partial charge in [-0.3, -0.25) is 14.3 Å². The molecule has 3 rings (SSSR count). The Morgan fingerprint density at radius 3 is 2.62 bits per heavy atom. The van der Waals surface area contributed by atoms with Gasteiger partial charge in [-0.05, 0) is 0 Å². The molecule has 0 spiro atoms. The molecule has 24 heavy (non-hydrogen) atoms. The molecule has 0 aromatic carbocycles.